The van der Waals surface area contributed by atoms with Crippen LogP contribution >= 0.6 is 0 Å². The average molecular weight is 578 g/mol. The van der Waals surface area contributed by atoms with Gasteiger partial charge in [0.1, 0.15) is 34.9 Å². The number of rotatable bonds is 9. The summed E-state index contributed by atoms with van der Waals surface area (Å²) in [4.78, 5) is 41.0. The molecule has 1 saturated heterocycles. The highest BCUT2D eigenvalue weighted by atomic mass is 19.3. The van der Waals surface area contributed by atoms with Gasteiger partial charge in [0.25, 0.3) is 11.5 Å². The Labute approximate surface area is 231 Å². The first-order valence-electron chi connectivity index (χ1n) is 12.4. The highest BCUT2D eigenvalue weighted by Crippen LogP contribution is 2.36. The highest BCUT2D eigenvalue weighted by molar-refractivity contribution is 6.05. The van der Waals surface area contributed by atoms with E-state index in [0.717, 1.165) is 29.2 Å². The van der Waals surface area contributed by atoms with Crippen LogP contribution in [-0.2, 0) is 11.3 Å². The number of nitrogens with zero attached hydrogens (tertiary/aromatic N) is 2. The molecule has 218 valence electrons. The van der Waals surface area contributed by atoms with Gasteiger partial charge in [0.05, 0.1) is 19.3 Å². The van der Waals surface area contributed by atoms with Crippen LogP contribution in [0, 0.1) is 11.6 Å². The fraction of sp³-hybridized carbons (Fsp3) is 0.321. The number of hydrogen-bond acceptors (Lipinski definition) is 6. The van der Waals surface area contributed by atoms with E-state index in [1.165, 1.54) is 56.0 Å². The van der Waals surface area contributed by atoms with Crippen LogP contribution in [0.25, 0.3) is 0 Å². The van der Waals surface area contributed by atoms with E-state index < -0.39 is 58.7 Å². The number of aromatic nitrogens is 1. The first-order chi connectivity index (χ1) is 19.3. The highest BCUT2D eigenvalue weighted by Gasteiger charge is 2.46. The van der Waals surface area contributed by atoms with Crippen molar-refractivity contribution in [3.63, 3.8) is 0 Å². The number of alkyl halides is 2. The number of benzene rings is 2. The summed E-state index contributed by atoms with van der Waals surface area (Å²) in [7, 11) is 1.23. The summed E-state index contributed by atoms with van der Waals surface area (Å²) in [6.07, 6.45) is 1.42. The van der Waals surface area contributed by atoms with Crippen molar-refractivity contribution >= 4 is 17.5 Å². The molecule has 1 aliphatic rings. The molecule has 2 N–H and O–H groups in total. The number of amides is 2. The summed E-state index contributed by atoms with van der Waals surface area (Å²) >= 11 is 0. The van der Waals surface area contributed by atoms with E-state index >= 15 is 8.78 Å². The quantitative estimate of drug-likeness (QED) is 0.377. The van der Waals surface area contributed by atoms with Crippen LogP contribution in [-0.4, -0.2) is 53.4 Å². The zero-order chi connectivity index (χ0) is 30.1. The van der Waals surface area contributed by atoms with Crippen molar-refractivity contribution in [1.29, 1.82) is 0 Å². The van der Waals surface area contributed by atoms with E-state index in [1.54, 1.807) is 0 Å². The number of pyridine rings is 1. The van der Waals surface area contributed by atoms with Crippen molar-refractivity contribution < 1.29 is 41.7 Å². The molecular formula is C28H27F4N3O6. The van der Waals surface area contributed by atoms with Gasteiger partial charge in [0.2, 0.25) is 5.91 Å². The molecule has 0 spiro atoms. The molecule has 2 amide bonds. The second-order valence-corrected chi connectivity index (χ2v) is 10.1. The molecule has 0 saturated carbocycles. The predicted molar refractivity (Wildman–Crippen MR) is 139 cm³/mol. The molecule has 1 aromatic heterocycles. The van der Waals surface area contributed by atoms with E-state index in [4.69, 9.17) is 4.74 Å². The number of halogens is 4. The first kappa shape index (κ1) is 29.6. The van der Waals surface area contributed by atoms with Gasteiger partial charge < -0.3 is 29.4 Å². The first-order valence-corrected chi connectivity index (χ1v) is 12.4. The Morgan fingerprint density at radius 2 is 1.73 bits per heavy atom. The predicted octanol–water partition coefficient (Wildman–Crippen LogP) is 3.44. The molecule has 3 aromatic rings. The maximum Gasteiger partial charge on any atom is 0.387 e. The van der Waals surface area contributed by atoms with Crippen LogP contribution in [0.5, 0.6) is 11.5 Å². The molecule has 0 unspecified atom stereocenters. The SMILES string of the molecule is COc1cc(F)c([C@@H]2CN(c3cccn(CC(C)(C)O)c3=O)C(=O)[C@H]2NC(=O)c2ccc(OC(F)F)cc2)c(F)c1. The lowest BCUT2D eigenvalue weighted by Gasteiger charge is -2.21. The summed E-state index contributed by atoms with van der Waals surface area (Å²) < 4.78 is 65.7. The van der Waals surface area contributed by atoms with E-state index in [0.29, 0.717) is 0 Å². The maximum absolute atomic E-state index is 15.2. The van der Waals surface area contributed by atoms with Gasteiger partial charge in [-0.05, 0) is 50.2 Å². The summed E-state index contributed by atoms with van der Waals surface area (Å²) in [5, 5.41) is 12.7. The van der Waals surface area contributed by atoms with Gasteiger partial charge in [-0.1, -0.05) is 0 Å². The third kappa shape index (κ3) is 6.51. The summed E-state index contributed by atoms with van der Waals surface area (Å²) in [6, 6.07) is 7.80. The minimum absolute atomic E-state index is 0.0421. The molecule has 2 atom stereocenters. The number of ether oxygens (including phenoxy) is 2. The Balaban J connectivity index is 1.73. The monoisotopic (exact) mass is 577 g/mol. The Hall–Kier alpha value is -4.39. The van der Waals surface area contributed by atoms with Crippen molar-refractivity contribution in [1.82, 2.24) is 9.88 Å². The molecule has 9 nitrogen and oxygen atoms in total. The zero-order valence-corrected chi connectivity index (χ0v) is 22.2. The Bertz CT molecular complexity index is 1480. The lowest BCUT2D eigenvalue weighted by Crippen LogP contribution is -2.45. The molecule has 2 heterocycles. The topological polar surface area (TPSA) is 110 Å². The Morgan fingerprint density at radius 1 is 1.10 bits per heavy atom. The lowest BCUT2D eigenvalue weighted by atomic mass is 9.92. The minimum Gasteiger partial charge on any atom is -0.497 e. The number of nitrogens with one attached hydrogen (secondary N) is 1. The average Bonchev–Trinajstić information content (AvgIpc) is 3.19. The molecule has 4 rings (SSSR count). The fourth-order valence-corrected chi connectivity index (χ4v) is 4.69. The zero-order valence-electron chi connectivity index (χ0n) is 22.2. The van der Waals surface area contributed by atoms with Crippen molar-refractivity contribution in [2.45, 2.75) is 44.6 Å². The Kier molecular flexibility index (Phi) is 8.38. The Morgan fingerprint density at radius 3 is 2.29 bits per heavy atom. The number of carbonyl (C=O) groups excluding carboxylic acids is 2. The lowest BCUT2D eigenvalue weighted by molar-refractivity contribution is -0.118. The molecule has 0 radical (unpaired) electrons. The van der Waals surface area contributed by atoms with E-state index in [1.807, 2.05) is 0 Å². The van der Waals surface area contributed by atoms with Crippen LogP contribution in [0.3, 0.4) is 0 Å². The number of methoxy groups -OCH3 is 1. The van der Waals surface area contributed by atoms with Crippen molar-refractivity contribution in [2.75, 3.05) is 18.6 Å². The second-order valence-electron chi connectivity index (χ2n) is 10.1. The van der Waals surface area contributed by atoms with Crippen LogP contribution in [0.2, 0.25) is 0 Å². The van der Waals surface area contributed by atoms with Crippen molar-refractivity contribution in [2.24, 2.45) is 0 Å². The second kappa shape index (κ2) is 11.6. The smallest absolute Gasteiger partial charge is 0.387 e. The molecule has 1 fully saturated rings. The van der Waals surface area contributed by atoms with Gasteiger partial charge >= 0.3 is 6.61 Å². The van der Waals surface area contributed by atoms with E-state index in [9.17, 15) is 28.3 Å². The summed E-state index contributed by atoms with van der Waals surface area (Å²) in [5.41, 5.74) is -2.56. The van der Waals surface area contributed by atoms with Gasteiger partial charge in [-0.3, -0.25) is 14.4 Å². The number of aliphatic hydroxyl groups is 1. The molecule has 13 heteroatoms. The molecule has 0 aliphatic carbocycles. The molecule has 0 bridgehead atoms. The van der Waals surface area contributed by atoms with Crippen LogP contribution < -0.4 is 25.2 Å². The molecule has 2 aromatic carbocycles. The van der Waals surface area contributed by atoms with Gasteiger partial charge in [-0.2, -0.15) is 8.78 Å². The minimum atomic E-state index is -3.07. The maximum atomic E-state index is 15.2. The molecule has 41 heavy (non-hydrogen) atoms. The van der Waals surface area contributed by atoms with Gasteiger partial charge in [0, 0.05) is 41.9 Å². The molecule has 1 aliphatic heterocycles. The summed E-state index contributed by atoms with van der Waals surface area (Å²) in [5.74, 6) is -5.28. The van der Waals surface area contributed by atoms with E-state index in [2.05, 4.69) is 10.1 Å². The van der Waals surface area contributed by atoms with Gasteiger partial charge in [-0.15, -0.1) is 0 Å². The van der Waals surface area contributed by atoms with E-state index in [-0.39, 0.29) is 35.8 Å². The summed E-state index contributed by atoms with van der Waals surface area (Å²) in [6.45, 7) is -0.546. The third-order valence-electron chi connectivity index (χ3n) is 6.45. The fourth-order valence-electron chi connectivity index (χ4n) is 4.69. The van der Waals surface area contributed by atoms with Crippen LogP contribution in [0.15, 0.2) is 59.5 Å². The number of carbonyl (C=O) groups is 2. The normalized spacial score (nSPS) is 17.2. The van der Waals surface area contributed by atoms with Crippen molar-refractivity contribution in [3.8, 4) is 11.5 Å². The number of hydrogen-bond donors (Lipinski definition) is 2. The van der Waals surface area contributed by atoms with Crippen LogP contribution in [0.1, 0.15) is 35.7 Å². The largest absolute Gasteiger partial charge is 0.497 e. The van der Waals surface area contributed by atoms with Gasteiger partial charge in [0.15, 0.2) is 0 Å². The standard InChI is InChI=1S/C28H27F4N3O6/c1-28(2,39)14-34-10-4-5-21(25(34)37)35-13-18(22-19(29)11-17(40-3)12-20(22)30)23(26(35)38)33-24(36)15-6-8-16(9-7-15)41-27(31)32/h4-12,18,23,27,39H,13-14H2,1-3H3,(H,33,36)/t18-,23-/m0/s1. The molecular weight excluding hydrogens is 550 g/mol. The number of anilines is 1. The van der Waals surface area contributed by atoms with Crippen LogP contribution in [0.4, 0.5) is 23.2 Å². The van der Waals surface area contributed by atoms with Crippen molar-refractivity contribution in [3.05, 3.63) is 87.8 Å². The van der Waals surface area contributed by atoms with Gasteiger partial charge in [-0.25, -0.2) is 8.78 Å². The third-order valence-corrected chi connectivity index (χ3v) is 6.45.